The number of nitrogens with one attached hydrogen (secondary N) is 1. The van der Waals surface area contributed by atoms with Gasteiger partial charge in [-0.1, -0.05) is 30.3 Å². The number of nitrogens with two attached hydrogens (primary N) is 1. The van der Waals surface area contributed by atoms with Gasteiger partial charge in [-0.15, -0.1) is 29.0 Å². The van der Waals surface area contributed by atoms with E-state index >= 15 is 0 Å². The number of halogens is 1. The van der Waals surface area contributed by atoms with Crippen molar-refractivity contribution in [1.29, 1.82) is 5.41 Å². The molecule has 0 radical (unpaired) electrons. The third-order valence-corrected chi connectivity index (χ3v) is 2.81. The number of amidine groups is 1. The molecular formula is C12H19IN4O. The number of benzene rings is 1. The summed E-state index contributed by atoms with van der Waals surface area (Å²) in [5.41, 5.74) is 6.51. The lowest BCUT2D eigenvalue weighted by molar-refractivity contribution is -0.104. The van der Waals surface area contributed by atoms with E-state index in [0.717, 1.165) is 32.7 Å². The highest BCUT2D eigenvalue weighted by molar-refractivity contribution is 14.0. The summed E-state index contributed by atoms with van der Waals surface area (Å²) in [5.74, 6) is 0. The van der Waals surface area contributed by atoms with Crippen LogP contribution >= 0.6 is 24.0 Å². The van der Waals surface area contributed by atoms with Gasteiger partial charge in [0.25, 0.3) is 6.02 Å². The zero-order chi connectivity index (χ0) is 12.1. The van der Waals surface area contributed by atoms with Crippen LogP contribution in [0.1, 0.15) is 5.56 Å². The van der Waals surface area contributed by atoms with E-state index in [-0.39, 0.29) is 30.0 Å². The molecule has 1 aliphatic rings. The predicted octanol–water partition coefficient (Wildman–Crippen LogP) is 1.25. The SMILES string of the molecule is I.N=C(N)ON1CCN(Cc2ccccc2)CC1. The molecule has 1 aliphatic heterocycles. The first-order valence-electron chi connectivity index (χ1n) is 5.77. The van der Waals surface area contributed by atoms with Crippen LogP contribution in [-0.4, -0.2) is 42.2 Å². The quantitative estimate of drug-likeness (QED) is 0.483. The van der Waals surface area contributed by atoms with Gasteiger partial charge in [-0.3, -0.25) is 10.3 Å². The Morgan fingerprint density at radius 3 is 2.33 bits per heavy atom. The van der Waals surface area contributed by atoms with E-state index in [2.05, 4.69) is 29.2 Å². The van der Waals surface area contributed by atoms with E-state index in [9.17, 15) is 0 Å². The fourth-order valence-corrected chi connectivity index (χ4v) is 1.96. The lowest BCUT2D eigenvalue weighted by Gasteiger charge is -2.33. The summed E-state index contributed by atoms with van der Waals surface area (Å²) in [7, 11) is 0. The first-order chi connectivity index (χ1) is 8.24. The Hall–Kier alpha value is -0.860. The lowest BCUT2D eigenvalue weighted by Crippen LogP contribution is -2.47. The molecule has 0 aromatic heterocycles. The minimum Gasteiger partial charge on any atom is -0.368 e. The van der Waals surface area contributed by atoms with Gasteiger partial charge in [0.1, 0.15) is 0 Å². The molecule has 5 nitrogen and oxygen atoms in total. The second-order valence-electron chi connectivity index (χ2n) is 4.15. The molecule has 1 aromatic rings. The number of piperazine rings is 1. The molecule has 0 bridgehead atoms. The number of hydrogen-bond acceptors (Lipinski definition) is 4. The summed E-state index contributed by atoms with van der Waals surface area (Å²) in [6, 6.07) is 10.2. The van der Waals surface area contributed by atoms with E-state index in [4.69, 9.17) is 16.0 Å². The lowest BCUT2D eigenvalue weighted by atomic mass is 10.2. The Bertz CT molecular complexity index is 366. The Labute approximate surface area is 124 Å². The van der Waals surface area contributed by atoms with Gasteiger partial charge in [-0.25, -0.2) is 0 Å². The standard InChI is InChI=1S/C12H18N4O.HI/c13-12(14)17-16-8-6-15(7-9-16)10-11-4-2-1-3-5-11;/h1-5H,6-10H2,(H3,13,14);1H. The largest absolute Gasteiger partial charge is 0.368 e. The Balaban J connectivity index is 0.00000162. The van der Waals surface area contributed by atoms with Crippen molar-refractivity contribution in [3.63, 3.8) is 0 Å². The van der Waals surface area contributed by atoms with Gasteiger partial charge in [0.2, 0.25) is 0 Å². The van der Waals surface area contributed by atoms with Gasteiger partial charge < -0.3 is 10.6 Å². The van der Waals surface area contributed by atoms with Crippen LogP contribution in [0.4, 0.5) is 0 Å². The van der Waals surface area contributed by atoms with E-state index in [1.54, 1.807) is 5.06 Å². The van der Waals surface area contributed by atoms with Gasteiger partial charge in [0, 0.05) is 32.7 Å². The molecule has 0 unspecified atom stereocenters. The van der Waals surface area contributed by atoms with Crippen LogP contribution in [0.2, 0.25) is 0 Å². The molecule has 18 heavy (non-hydrogen) atoms. The van der Waals surface area contributed by atoms with E-state index in [1.807, 2.05) is 6.07 Å². The monoisotopic (exact) mass is 362 g/mol. The minimum absolute atomic E-state index is 0. The molecule has 100 valence electrons. The third kappa shape index (κ3) is 4.79. The summed E-state index contributed by atoms with van der Waals surface area (Å²) in [6.07, 6.45) is 0. The fourth-order valence-electron chi connectivity index (χ4n) is 1.96. The fraction of sp³-hybridized carbons (Fsp3) is 0.417. The molecule has 0 spiro atoms. The van der Waals surface area contributed by atoms with Crippen molar-refractivity contribution in [2.45, 2.75) is 6.54 Å². The highest BCUT2D eigenvalue weighted by atomic mass is 127. The van der Waals surface area contributed by atoms with Crippen molar-refractivity contribution in [3.8, 4) is 0 Å². The van der Waals surface area contributed by atoms with Gasteiger partial charge in [0.05, 0.1) is 0 Å². The van der Waals surface area contributed by atoms with Crippen LogP contribution in [0.25, 0.3) is 0 Å². The number of nitrogens with zero attached hydrogens (tertiary/aromatic N) is 2. The Kier molecular flexibility index (Phi) is 6.37. The van der Waals surface area contributed by atoms with Crippen molar-refractivity contribution >= 4 is 30.0 Å². The van der Waals surface area contributed by atoms with Crippen LogP contribution in [-0.2, 0) is 11.4 Å². The molecule has 0 atom stereocenters. The Morgan fingerprint density at radius 1 is 1.17 bits per heavy atom. The van der Waals surface area contributed by atoms with E-state index < -0.39 is 0 Å². The first-order valence-corrected chi connectivity index (χ1v) is 5.77. The molecule has 2 rings (SSSR count). The highest BCUT2D eigenvalue weighted by Crippen LogP contribution is 2.08. The molecular weight excluding hydrogens is 343 g/mol. The molecule has 1 heterocycles. The van der Waals surface area contributed by atoms with E-state index in [1.165, 1.54) is 5.56 Å². The normalized spacial score (nSPS) is 16.9. The second-order valence-corrected chi connectivity index (χ2v) is 4.15. The number of hydrogen-bond donors (Lipinski definition) is 2. The molecule has 0 aliphatic carbocycles. The van der Waals surface area contributed by atoms with Gasteiger partial charge in [0.15, 0.2) is 0 Å². The number of hydroxylamine groups is 2. The van der Waals surface area contributed by atoms with Gasteiger partial charge >= 0.3 is 0 Å². The average Bonchev–Trinajstić information content (AvgIpc) is 2.32. The molecule has 3 N–H and O–H groups in total. The van der Waals surface area contributed by atoms with E-state index in [0.29, 0.717) is 0 Å². The molecule has 6 heteroatoms. The second kappa shape index (κ2) is 7.55. The zero-order valence-electron chi connectivity index (χ0n) is 10.2. The van der Waals surface area contributed by atoms with Gasteiger partial charge in [-0.05, 0) is 5.56 Å². The molecule has 1 fully saturated rings. The maximum Gasteiger partial charge on any atom is 0.299 e. The number of rotatable bonds is 3. The van der Waals surface area contributed by atoms with Crippen LogP contribution < -0.4 is 5.73 Å². The maximum atomic E-state index is 7.06. The average molecular weight is 362 g/mol. The van der Waals surface area contributed by atoms with Crippen molar-refractivity contribution < 1.29 is 4.84 Å². The Morgan fingerprint density at radius 2 is 1.78 bits per heavy atom. The first kappa shape index (κ1) is 15.2. The predicted molar refractivity (Wildman–Crippen MR) is 81.7 cm³/mol. The van der Waals surface area contributed by atoms with Crippen molar-refractivity contribution in [2.75, 3.05) is 26.2 Å². The van der Waals surface area contributed by atoms with Gasteiger partial charge in [-0.2, -0.15) is 0 Å². The maximum absolute atomic E-state index is 7.06. The minimum atomic E-state index is -0.235. The summed E-state index contributed by atoms with van der Waals surface area (Å²) >= 11 is 0. The summed E-state index contributed by atoms with van der Waals surface area (Å²) in [6.45, 7) is 4.40. The topological polar surface area (TPSA) is 65.6 Å². The molecule has 1 aromatic carbocycles. The van der Waals surface area contributed by atoms with Crippen molar-refractivity contribution in [3.05, 3.63) is 35.9 Å². The summed E-state index contributed by atoms with van der Waals surface area (Å²) < 4.78 is 0. The summed E-state index contributed by atoms with van der Waals surface area (Å²) in [4.78, 5) is 7.43. The van der Waals surface area contributed by atoms with Crippen LogP contribution in [0, 0.1) is 5.41 Å². The van der Waals surface area contributed by atoms with Crippen molar-refractivity contribution in [2.24, 2.45) is 5.73 Å². The summed E-state index contributed by atoms with van der Waals surface area (Å²) in [5, 5.41) is 8.80. The molecule has 0 amide bonds. The van der Waals surface area contributed by atoms with Crippen molar-refractivity contribution in [1.82, 2.24) is 9.96 Å². The van der Waals surface area contributed by atoms with Crippen LogP contribution in [0.3, 0.4) is 0 Å². The molecule has 1 saturated heterocycles. The highest BCUT2D eigenvalue weighted by Gasteiger charge is 2.18. The molecule has 0 saturated carbocycles. The van der Waals surface area contributed by atoms with Crippen LogP contribution in [0.15, 0.2) is 30.3 Å². The zero-order valence-corrected chi connectivity index (χ0v) is 12.5. The third-order valence-electron chi connectivity index (χ3n) is 2.81. The smallest absolute Gasteiger partial charge is 0.299 e. The van der Waals surface area contributed by atoms with Crippen LogP contribution in [0.5, 0.6) is 0 Å².